The normalized spacial score (nSPS) is 21.8. The first-order valence-corrected chi connectivity index (χ1v) is 12.3. The van der Waals surface area contributed by atoms with Crippen LogP contribution in [0.2, 0.25) is 0 Å². The van der Waals surface area contributed by atoms with E-state index in [9.17, 15) is 8.78 Å². The van der Waals surface area contributed by atoms with Gasteiger partial charge in [-0.2, -0.15) is 4.39 Å². The van der Waals surface area contributed by atoms with Crippen molar-refractivity contribution in [3.8, 4) is 5.75 Å². The lowest BCUT2D eigenvalue weighted by Gasteiger charge is -2.28. The Morgan fingerprint density at radius 1 is 1.00 bits per heavy atom. The first-order valence-electron chi connectivity index (χ1n) is 12.3. The van der Waals surface area contributed by atoms with Crippen molar-refractivity contribution < 1.29 is 13.5 Å². The van der Waals surface area contributed by atoms with E-state index in [1.807, 2.05) is 0 Å². The van der Waals surface area contributed by atoms with Crippen LogP contribution in [0.4, 0.5) is 8.78 Å². The van der Waals surface area contributed by atoms with Gasteiger partial charge in [0.05, 0.1) is 6.61 Å². The lowest BCUT2D eigenvalue weighted by Crippen LogP contribution is -2.13. The highest BCUT2D eigenvalue weighted by molar-refractivity contribution is 5.31. The molecule has 0 aliphatic heterocycles. The highest BCUT2D eigenvalue weighted by Gasteiger charge is 2.21. The smallest absolute Gasteiger partial charge is 0.200 e. The van der Waals surface area contributed by atoms with Gasteiger partial charge in [-0.3, -0.25) is 0 Å². The minimum atomic E-state index is -0.872. The molecule has 1 aromatic rings. The first-order chi connectivity index (χ1) is 15.1. The van der Waals surface area contributed by atoms with Crippen LogP contribution >= 0.6 is 0 Å². The maximum Gasteiger partial charge on any atom is 0.200 e. The van der Waals surface area contributed by atoms with Crippen LogP contribution in [-0.4, -0.2) is 6.61 Å². The van der Waals surface area contributed by atoms with Crippen LogP contribution in [0.1, 0.15) is 83.6 Å². The van der Waals surface area contributed by atoms with Gasteiger partial charge in [-0.1, -0.05) is 54.9 Å². The SMILES string of the molecule is CCCCC1=CCC(C2=CCC(/C=C/CCc3ccc(OCC)c(F)c3F)CC2)CC1. The van der Waals surface area contributed by atoms with Crippen LogP contribution in [-0.2, 0) is 6.42 Å². The van der Waals surface area contributed by atoms with Gasteiger partial charge in [-0.05, 0) is 94.6 Å². The topological polar surface area (TPSA) is 9.23 Å². The van der Waals surface area contributed by atoms with Gasteiger partial charge < -0.3 is 4.74 Å². The minimum Gasteiger partial charge on any atom is -0.491 e. The lowest BCUT2D eigenvalue weighted by atomic mass is 9.77. The summed E-state index contributed by atoms with van der Waals surface area (Å²) in [5.74, 6) is -0.320. The summed E-state index contributed by atoms with van der Waals surface area (Å²) in [6.07, 6.45) is 21.9. The molecule has 3 rings (SSSR count). The largest absolute Gasteiger partial charge is 0.491 e. The number of aryl methyl sites for hydroxylation is 1. The molecule has 2 unspecified atom stereocenters. The second kappa shape index (κ2) is 12.2. The molecule has 0 radical (unpaired) electrons. The zero-order valence-corrected chi connectivity index (χ0v) is 19.3. The van der Waals surface area contributed by atoms with Crippen molar-refractivity contribution in [2.45, 2.75) is 84.5 Å². The fourth-order valence-corrected chi connectivity index (χ4v) is 4.84. The molecule has 2 aliphatic rings. The molecule has 0 spiro atoms. The third-order valence-corrected chi connectivity index (χ3v) is 6.78. The number of unbranched alkanes of at least 4 members (excludes halogenated alkanes) is 1. The molecule has 0 saturated carbocycles. The van der Waals surface area contributed by atoms with Gasteiger partial charge in [-0.15, -0.1) is 0 Å². The molecule has 0 N–H and O–H groups in total. The fraction of sp³-hybridized carbons (Fsp3) is 0.571. The number of rotatable bonds is 10. The molecule has 31 heavy (non-hydrogen) atoms. The molecule has 0 aromatic heterocycles. The summed E-state index contributed by atoms with van der Waals surface area (Å²) in [6.45, 7) is 4.35. The van der Waals surface area contributed by atoms with Crippen LogP contribution in [0.15, 0.2) is 47.6 Å². The molecule has 1 nitrogen and oxygen atoms in total. The monoisotopic (exact) mass is 428 g/mol. The molecular weight excluding hydrogens is 390 g/mol. The van der Waals surface area contributed by atoms with Gasteiger partial charge in [0, 0.05) is 0 Å². The zero-order valence-electron chi connectivity index (χ0n) is 19.3. The summed E-state index contributed by atoms with van der Waals surface area (Å²) in [5, 5.41) is 0. The van der Waals surface area contributed by atoms with E-state index >= 15 is 0 Å². The Balaban J connectivity index is 1.43. The van der Waals surface area contributed by atoms with E-state index in [1.165, 1.54) is 57.4 Å². The molecule has 0 fully saturated rings. The molecule has 0 amide bonds. The highest BCUT2D eigenvalue weighted by atomic mass is 19.2. The summed E-state index contributed by atoms with van der Waals surface area (Å²) >= 11 is 0. The van der Waals surface area contributed by atoms with Gasteiger partial charge in [0.2, 0.25) is 5.82 Å². The Labute approximate surface area is 187 Å². The predicted octanol–water partition coefficient (Wildman–Crippen LogP) is 8.50. The summed E-state index contributed by atoms with van der Waals surface area (Å²) in [4.78, 5) is 0. The number of allylic oxidation sites excluding steroid dienone is 6. The highest BCUT2D eigenvalue weighted by Crippen LogP contribution is 2.37. The fourth-order valence-electron chi connectivity index (χ4n) is 4.84. The third kappa shape index (κ3) is 6.79. The summed E-state index contributed by atoms with van der Waals surface area (Å²) in [6, 6.07) is 3.17. The van der Waals surface area contributed by atoms with E-state index in [1.54, 1.807) is 24.1 Å². The van der Waals surface area contributed by atoms with Crippen LogP contribution in [0.25, 0.3) is 0 Å². The molecule has 0 heterocycles. The Hall–Kier alpha value is -1.90. The van der Waals surface area contributed by atoms with E-state index < -0.39 is 11.6 Å². The van der Waals surface area contributed by atoms with E-state index in [4.69, 9.17) is 4.74 Å². The summed E-state index contributed by atoms with van der Waals surface area (Å²) in [7, 11) is 0. The predicted molar refractivity (Wildman–Crippen MR) is 125 cm³/mol. The van der Waals surface area contributed by atoms with Crippen molar-refractivity contribution in [3.63, 3.8) is 0 Å². The zero-order chi connectivity index (χ0) is 22.1. The van der Waals surface area contributed by atoms with Gasteiger partial charge >= 0.3 is 0 Å². The molecule has 0 saturated heterocycles. The average molecular weight is 429 g/mol. The second-order valence-corrected chi connectivity index (χ2v) is 9.00. The Morgan fingerprint density at radius 3 is 2.55 bits per heavy atom. The molecule has 0 bridgehead atoms. The summed E-state index contributed by atoms with van der Waals surface area (Å²) < 4.78 is 33.3. The number of halogens is 2. The van der Waals surface area contributed by atoms with Crippen molar-refractivity contribution in [1.82, 2.24) is 0 Å². The van der Waals surface area contributed by atoms with Crippen LogP contribution in [0, 0.1) is 23.5 Å². The van der Waals surface area contributed by atoms with Gasteiger partial charge in [0.15, 0.2) is 11.6 Å². The molecule has 1 aromatic carbocycles. The Kier molecular flexibility index (Phi) is 9.36. The van der Waals surface area contributed by atoms with E-state index in [0.717, 1.165) is 18.8 Å². The lowest BCUT2D eigenvalue weighted by molar-refractivity contribution is 0.313. The average Bonchev–Trinajstić information content (AvgIpc) is 2.80. The van der Waals surface area contributed by atoms with Crippen molar-refractivity contribution in [3.05, 3.63) is 64.8 Å². The molecule has 2 atom stereocenters. The van der Waals surface area contributed by atoms with E-state index in [-0.39, 0.29) is 5.75 Å². The van der Waals surface area contributed by atoms with Gasteiger partial charge in [0.25, 0.3) is 0 Å². The minimum absolute atomic E-state index is 0.00488. The van der Waals surface area contributed by atoms with E-state index in [2.05, 4.69) is 31.2 Å². The second-order valence-electron chi connectivity index (χ2n) is 9.00. The van der Waals surface area contributed by atoms with Gasteiger partial charge in [-0.25, -0.2) is 4.39 Å². The van der Waals surface area contributed by atoms with Crippen LogP contribution in [0.5, 0.6) is 5.75 Å². The number of hydrogen-bond donors (Lipinski definition) is 0. The Bertz CT molecular complexity index is 805. The standard InChI is InChI=1S/C28H38F2O/c1-3-5-8-21-11-15-23(16-12-21)24-17-13-22(14-18-24)9-6-7-10-25-19-20-26(31-4-2)28(30)27(25)29/h6,9,11,17,19-20,22-23H,3-5,7-8,10,12-16,18H2,1-2H3/b9-6+. The Morgan fingerprint density at radius 2 is 1.87 bits per heavy atom. The van der Waals surface area contributed by atoms with E-state index in [0.29, 0.717) is 24.5 Å². The maximum absolute atomic E-state index is 14.2. The molecule has 3 heteroatoms. The molecular formula is C28H38F2O. The van der Waals surface area contributed by atoms with Crippen LogP contribution in [0.3, 0.4) is 0 Å². The summed E-state index contributed by atoms with van der Waals surface area (Å²) in [5.41, 5.74) is 3.77. The number of benzene rings is 1. The molecule has 2 aliphatic carbocycles. The van der Waals surface area contributed by atoms with Gasteiger partial charge in [0.1, 0.15) is 0 Å². The quantitative estimate of drug-likeness (QED) is 0.339. The third-order valence-electron chi connectivity index (χ3n) is 6.78. The van der Waals surface area contributed by atoms with Crippen molar-refractivity contribution in [2.24, 2.45) is 11.8 Å². The van der Waals surface area contributed by atoms with Crippen molar-refractivity contribution in [2.75, 3.05) is 6.61 Å². The number of hydrogen-bond acceptors (Lipinski definition) is 1. The van der Waals surface area contributed by atoms with Crippen molar-refractivity contribution in [1.29, 1.82) is 0 Å². The number of ether oxygens (including phenoxy) is 1. The maximum atomic E-state index is 14.2. The first kappa shape index (κ1) is 23.8. The van der Waals surface area contributed by atoms with Crippen LogP contribution < -0.4 is 4.74 Å². The molecule has 170 valence electrons. The van der Waals surface area contributed by atoms with Crippen molar-refractivity contribution >= 4 is 0 Å².